The molecule has 0 amide bonds. The highest BCUT2D eigenvalue weighted by Crippen LogP contribution is 2.35. The molecule has 0 aromatic heterocycles. The van der Waals surface area contributed by atoms with Crippen LogP contribution in [-0.4, -0.2) is 18.9 Å². The van der Waals surface area contributed by atoms with E-state index < -0.39 is 0 Å². The molecule has 2 aromatic carbocycles. The summed E-state index contributed by atoms with van der Waals surface area (Å²) in [6.07, 6.45) is 1.23. The molecule has 182 valence electrons. The fraction of sp³-hybridized carbons (Fsp3) is 0.452. The van der Waals surface area contributed by atoms with Crippen molar-refractivity contribution in [2.45, 2.75) is 74.3 Å². The predicted molar refractivity (Wildman–Crippen MR) is 148 cm³/mol. The van der Waals surface area contributed by atoms with Gasteiger partial charge in [-0.25, -0.2) is 0 Å². The number of likely N-dealkylation sites (N-methyl/N-ethyl adjacent to an activating group) is 1. The Bertz CT molecular complexity index is 834. The Labute approximate surface area is 204 Å². The molecule has 2 heteroatoms. The molecule has 0 heterocycles. The highest BCUT2D eigenvalue weighted by atomic mass is 16.1. The van der Waals surface area contributed by atoms with Crippen LogP contribution in [0.1, 0.15) is 79.4 Å². The van der Waals surface area contributed by atoms with Crippen molar-refractivity contribution < 1.29 is 4.79 Å². The van der Waals surface area contributed by atoms with Crippen LogP contribution in [0.5, 0.6) is 0 Å². The Hall–Kier alpha value is -2.45. The van der Waals surface area contributed by atoms with Crippen molar-refractivity contribution in [3.63, 3.8) is 0 Å². The molecule has 2 unspecified atom stereocenters. The van der Waals surface area contributed by atoms with Crippen LogP contribution in [0.15, 0.2) is 72.8 Å². The fourth-order valence-corrected chi connectivity index (χ4v) is 4.13. The van der Waals surface area contributed by atoms with Crippen LogP contribution >= 0.6 is 0 Å². The van der Waals surface area contributed by atoms with Crippen molar-refractivity contribution in [2.75, 3.05) is 7.05 Å². The Morgan fingerprint density at radius 1 is 0.818 bits per heavy atom. The second kappa shape index (κ2) is 17.1. The number of hydrogen-bond donors (Lipinski definition) is 1. The van der Waals surface area contributed by atoms with Crippen molar-refractivity contribution in [3.05, 3.63) is 83.9 Å². The first-order valence-electron chi connectivity index (χ1n) is 12.5. The van der Waals surface area contributed by atoms with Crippen LogP contribution in [0.2, 0.25) is 0 Å². The normalized spacial score (nSPS) is 12.9. The molecule has 2 nitrogen and oxygen atoms in total. The molecule has 0 radical (unpaired) electrons. The minimum absolute atomic E-state index is 0.0989. The van der Waals surface area contributed by atoms with Gasteiger partial charge in [-0.15, -0.1) is 0 Å². The van der Waals surface area contributed by atoms with E-state index in [4.69, 9.17) is 0 Å². The molecule has 33 heavy (non-hydrogen) atoms. The molecule has 0 aliphatic rings. The number of carbonyl (C=O) groups is 1. The maximum atomic E-state index is 12.4. The molecule has 0 spiro atoms. The lowest BCUT2D eigenvalue weighted by Crippen LogP contribution is -2.35. The average Bonchev–Trinajstić information content (AvgIpc) is 2.83. The third-order valence-electron chi connectivity index (χ3n) is 5.41. The molecule has 2 atom stereocenters. The number of carbonyl (C=O) groups excluding carboxylic acids is 1. The van der Waals surface area contributed by atoms with E-state index in [0.29, 0.717) is 24.5 Å². The summed E-state index contributed by atoms with van der Waals surface area (Å²) in [5, 5.41) is 3.47. The zero-order valence-corrected chi connectivity index (χ0v) is 22.5. The summed E-state index contributed by atoms with van der Waals surface area (Å²) in [6.45, 7) is 21.0. The van der Waals surface area contributed by atoms with E-state index in [1.807, 2.05) is 59.0 Å². The van der Waals surface area contributed by atoms with Crippen LogP contribution in [0.4, 0.5) is 0 Å². The lowest BCUT2D eigenvalue weighted by molar-refractivity contribution is -0.120. The quantitative estimate of drug-likeness (QED) is 0.369. The second-order valence-corrected chi connectivity index (χ2v) is 8.35. The van der Waals surface area contributed by atoms with Crippen LogP contribution in [0, 0.1) is 11.8 Å². The number of benzene rings is 2. The van der Waals surface area contributed by atoms with Gasteiger partial charge in [-0.05, 0) is 53.7 Å². The van der Waals surface area contributed by atoms with Gasteiger partial charge < -0.3 is 5.32 Å². The van der Waals surface area contributed by atoms with E-state index in [0.717, 1.165) is 22.3 Å². The summed E-state index contributed by atoms with van der Waals surface area (Å²) < 4.78 is 0. The lowest BCUT2D eigenvalue weighted by Gasteiger charge is -2.28. The molecule has 0 saturated carbocycles. The molecule has 1 N–H and O–H groups in total. The number of Topliss-reactive ketones (excluding diaryl/α,β-unsaturated/α-hetero) is 1. The van der Waals surface area contributed by atoms with E-state index in [9.17, 15) is 4.79 Å². The van der Waals surface area contributed by atoms with E-state index in [1.165, 1.54) is 5.57 Å². The van der Waals surface area contributed by atoms with Gasteiger partial charge in [0.15, 0.2) is 0 Å². The highest BCUT2D eigenvalue weighted by Gasteiger charge is 2.24. The van der Waals surface area contributed by atoms with Gasteiger partial charge in [-0.2, -0.15) is 0 Å². The maximum Gasteiger partial charge on any atom is 0.133 e. The first-order chi connectivity index (χ1) is 15.8. The topological polar surface area (TPSA) is 29.1 Å². The molecule has 0 bridgehead atoms. The zero-order valence-electron chi connectivity index (χ0n) is 22.5. The Morgan fingerprint density at radius 2 is 1.27 bits per heavy atom. The summed E-state index contributed by atoms with van der Waals surface area (Å²) in [4.78, 5) is 12.4. The minimum atomic E-state index is 0.0989. The van der Waals surface area contributed by atoms with Gasteiger partial charge in [0.05, 0.1) is 0 Å². The lowest BCUT2D eigenvalue weighted by atomic mass is 9.82. The summed E-state index contributed by atoms with van der Waals surface area (Å²) in [5.74, 6) is 0.939. The molecule has 0 aliphatic carbocycles. The Balaban J connectivity index is 0.00000242. The number of hydrogen-bond acceptors (Lipinski definition) is 2. The van der Waals surface area contributed by atoms with Crippen LogP contribution in [0.25, 0.3) is 11.1 Å². The van der Waals surface area contributed by atoms with Gasteiger partial charge in [0, 0.05) is 18.9 Å². The van der Waals surface area contributed by atoms with Gasteiger partial charge >= 0.3 is 0 Å². The van der Waals surface area contributed by atoms with Gasteiger partial charge in [-0.1, -0.05) is 116 Å². The van der Waals surface area contributed by atoms with E-state index in [2.05, 4.69) is 76.0 Å². The maximum absolute atomic E-state index is 12.4. The van der Waals surface area contributed by atoms with Gasteiger partial charge in [0.25, 0.3) is 0 Å². The van der Waals surface area contributed by atoms with E-state index in [1.54, 1.807) is 0 Å². The highest BCUT2D eigenvalue weighted by molar-refractivity contribution is 6.05. The number of rotatable bonds is 10. The van der Waals surface area contributed by atoms with Crippen LogP contribution < -0.4 is 5.32 Å². The third-order valence-corrected chi connectivity index (χ3v) is 5.41. The predicted octanol–water partition coefficient (Wildman–Crippen LogP) is 8.46. The average molecular weight is 450 g/mol. The summed E-state index contributed by atoms with van der Waals surface area (Å²) in [6, 6.07) is 20.8. The number of ketones is 1. The monoisotopic (exact) mass is 449 g/mol. The second-order valence-electron chi connectivity index (χ2n) is 8.35. The van der Waals surface area contributed by atoms with Crippen molar-refractivity contribution in [3.8, 4) is 0 Å². The smallest absolute Gasteiger partial charge is 0.133 e. The summed E-state index contributed by atoms with van der Waals surface area (Å²) in [5.41, 5.74) is 5.65. The fourth-order valence-electron chi connectivity index (χ4n) is 4.13. The first kappa shape index (κ1) is 30.6. The SMILES string of the molecule is C=C(/C(=C(/C)C(NC)C(C)CC(=O)CC(C)C)c1ccccc1)c1ccccc1.CC.CC. The molecule has 0 saturated heterocycles. The summed E-state index contributed by atoms with van der Waals surface area (Å²) >= 11 is 0. The largest absolute Gasteiger partial charge is 0.313 e. The van der Waals surface area contributed by atoms with Gasteiger partial charge in [0.1, 0.15) is 5.78 Å². The van der Waals surface area contributed by atoms with Crippen molar-refractivity contribution in [1.82, 2.24) is 5.32 Å². The van der Waals surface area contributed by atoms with Gasteiger partial charge in [0.2, 0.25) is 0 Å². The standard InChI is InChI=1S/C27H35NO.2C2H6/c1-19(2)17-25(29)18-20(3)27(28-6)22(5)26(24-15-11-8-12-16-24)21(4)23-13-9-7-10-14-23;2*1-2/h7-16,19-20,27-28H,4,17-18H2,1-3,5-6H3;2*1-2H3/b26-22+;;. The van der Waals surface area contributed by atoms with E-state index >= 15 is 0 Å². The molecular formula is C31H47NO. The minimum Gasteiger partial charge on any atom is -0.313 e. The van der Waals surface area contributed by atoms with E-state index in [-0.39, 0.29) is 12.0 Å². The van der Waals surface area contributed by atoms with Crippen molar-refractivity contribution in [1.29, 1.82) is 0 Å². The Kier molecular flexibility index (Phi) is 15.8. The molecule has 2 rings (SSSR count). The van der Waals surface area contributed by atoms with Crippen molar-refractivity contribution in [2.24, 2.45) is 11.8 Å². The van der Waals surface area contributed by atoms with Crippen molar-refractivity contribution >= 4 is 16.9 Å². The van der Waals surface area contributed by atoms with Gasteiger partial charge in [-0.3, -0.25) is 4.79 Å². The molecular weight excluding hydrogens is 402 g/mol. The molecule has 0 aliphatic heterocycles. The number of allylic oxidation sites excluding steroid dienone is 2. The Morgan fingerprint density at radius 3 is 1.70 bits per heavy atom. The number of nitrogens with one attached hydrogen (secondary N) is 1. The third kappa shape index (κ3) is 9.92. The van der Waals surface area contributed by atoms with Crippen LogP contribution in [0.3, 0.4) is 0 Å². The molecule has 2 aromatic rings. The van der Waals surface area contributed by atoms with Crippen LogP contribution in [-0.2, 0) is 4.79 Å². The summed E-state index contributed by atoms with van der Waals surface area (Å²) in [7, 11) is 1.98. The zero-order chi connectivity index (χ0) is 25.4. The molecule has 0 fully saturated rings. The first-order valence-corrected chi connectivity index (χ1v) is 12.5.